The van der Waals surface area contributed by atoms with E-state index in [4.69, 9.17) is 10.5 Å². The zero-order valence-electron chi connectivity index (χ0n) is 11.1. The minimum absolute atomic E-state index is 0.270. The minimum atomic E-state index is -0.803. The molecule has 5 nitrogen and oxygen atoms in total. The Morgan fingerprint density at radius 1 is 1.50 bits per heavy atom. The van der Waals surface area contributed by atoms with Crippen molar-refractivity contribution in [3.8, 4) is 5.75 Å². The monoisotopic (exact) mass is 292 g/mol. The van der Waals surface area contributed by atoms with Gasteiger partial charge in [-0.25, -0.2) is 0 Å². The molecule has 2 N–H and O–H groups in total. The van der Waals surface area contributed by atoms with Crippen molar-refractivity contribution < 1.29 is 14.3 Å². The Morgan fingerprint density at radius 2 is 2.20 bits per heavy atom. The smallest absolute Gasteiger partial charge is 0.185 e. The van der Waals surface area contributed by atoms with E-state index in [1.807, 2.05) is 18.2 Å². The number of ether oxygens (including phenoxy) is 1. The number of Topliss-reactive ketones (excluding diaryl/α,β-unsaturated/α-hetero) is 1. The SMILES string of the molecule is CC(Oc1ccccc1)C(=O)C(C=O)C1CSC(N)=N1. The molecule has 3 atom stereocenters. The molecule has 0 amide bonds. The van der Waals surface area contributed by atoms with Gasteiger partial charge in [0.2, 0.25) is 0 Å². The first-order chi connectivity index (χ1) is 9.61. The summed E-state index contributed by atoms with van der Waals surface area (Å²) in [6.07, 6.45) is -0.0600. The number of benzene rings is 1. The molecule has 20 heavy (non-hydrogen) atoms. The molecule has 0 spiro atoms. The summed E-state index contributed by atoms with van der Waals surface area (Å²) in [4.78, 5) is 27.6. The Kier molecular flexibility index (Phi) is 4.79. The number of carbonyl (C=O) groups excluding carboxylic acids is 2. The lowest BCUT2D eigenvalue weighted by Gasteiger charge is -2.19. The Bertz CT molecular complexity index is 518. The van der Waals surface area contributed by atoms with Gasteiger partial charge in [-0.15, -0.1) is 0 Å². The molecule has 0 saturated heterocycles. The number of rotatable bonds is 6. The number of aliphatic imine (C=N–C) groups is 1. The van der Waals surface area contributed by atoms with Crippen molar-refractivity contribution in [2.75, 3.05) is 5.75 Å². The van der Waals surface area contributed by atoms with Crippen LogP contribution in [0.25, 0.3) is 0 Å². The van der Waals surface area contributed by atoms with E-state index in [0.29, 0.717) is 23.0 Å². The van der Waals surface area contributed by atoms with Gasteiger partial charge in [0, 0.05) is 5.75 Å². The fourth-order valence-corrected chi connectivity index (χ4v) is 2.81. The van der Waals surface area contributed by atoms with E-state index >= 15 is 0 Å². The average molecular weight is 292 g/mol. The van der Waals surface area contributed by atoms with Crippen molar-refractivity contribution in [3.63, 3.8) is 0 Å². The molecular formula is C14H16N2O3S. The third-order valence-electron chi connectivity index (χ3n) is 3.04. The van der Waals surface area contributed by atoms with Gasteiger partial charge >= 0.3 is 0 Å². The van der Waals surface area contributed by atoms with Crippen LogP contribution in [0.5, 0.6) is 5.75 Å². The molecule has 0 fully saturated rings. The van der Waals surface area contributed by atoms with Crippen molar-refractivity contribution in [3.05, 3.63) is 30.3 Å². The molecule has 3 unspecified atom stereocenters. The summed E-state index contributed by atoms with van der Waals surface area (Å²) in [5.41, 5.74) is 5.57. The summed E-state index contributed by atoms with van der Waals surface area (Å²) >= 11 is 1.36. The first kappa shape index (κ1) is 14.6. The van der Waals surface area contributed by atoms with Crippen LogP contribution in [-0.4, -0.2) is 35.1 Å². The van der Waals surface area contributed by atoms with Crippen molar-refractivity contribution in [2.24, 2.45) is 16.6 Å². The second-order valence-electron chi connectivity index (χ2n) is 4.48. The van der Waals surface area contributed by atoms with Gasteiger partial charge in [0.05, 0.1) is 6.04 Å². The van der Waals surface area contributed by atoms with Crippen LogP contribution >= 0.6 is 11.8 Å². The van der Waals surface area contributed by atoms with Crippen molar-refractivity contribution in [1.29, 1.82) is 0 Å². The normalized spacial score (nSPS) is 20.9. The highest BCUT2D eigenvalue weighted by Crippen LogP contribution is 2.23. The Labute approximate surface area is 121 Å². The molecule has 1 aliphatic heterocycles. The van der Waals surface area contributed by atoms with Crippen LogP contribution in [0.3, 0.4) is 0 Å². The summed E-state index contributed by atoms with van der Waals surface area (Å²) in [6.45, 7) is 1.64. The molecular weight excluding hydrogens is 276 g/mol. The third kappa shape index (κ3) is 3.39. The topological polar surface area (TPSA) is 81.8 Å². The van der Waals surface area contributed by atoms with Crippen LogP contribution in [0.15, 0.2) is 35.3 Å². The van der Waals surface area contributed by atoms with Crippen LogP contribution in [0.1, 0.15) is 6.92 Å². The number of para-hydroxylation sites is 1. The summed E-state index contributed by atoms with van der Waals surface area (Å²) in [6, 6.07) is 8.65. The lowest BCUT2D eigenvalue weighted by molar-refractivity contribution is -0.132. The fourth-order valence-electron chi connectivity index (χ4n) is 1.97. The van der Waals surface area contributed by atoms with E-state index in [-0.39, 0.29) is 11.8 Å². The standard InChI is InChI=1S/C14H16N2O3S/c1-9(19-10-5-3-2-4-6-10)13(18)11(7-17)12-8-20-14(15)16-12/h2-7,9,11-12H,8H2,1H3,(H2,15,16). The molecule has 0 aromatic heterocycles. The number of hydrogen-bond acceptors (Lipinski definition) is 6. The molecule has 1 aromatic rings. The van der Waals surface area contributed by atoms with Gasteiger partial charge in [0.25, 0.3) is 0 Å². The van der Waals surface area contributed by atoms with Gasteiger partial charge < -0.3 is 15.3 Å². The molecule has 0 aliphatic carbocycles. The fraction of sp³-hybridized carbons (Fsp3) is 0.357. The van der Waals surface area contributed by atoms with Gasteiger partial charge in [0.15, 0.2) is 17.1 Å². The van der Waals surface area contributed by atoms with Crippen LogP contribution in [-0.2, 0) is 9.59 Å². The Hall–Kier alpha value is -1.82. The van der Waals surface area contributed by atoms with Crippen molar-refractivity contribution in [2.45, 2.75) is 19.1 Å². The first-order valence-electron chi connectivity index (χ1n) is 6.28. The molecule has 0 bridgehead atoms. The van der Waals surface area contributed by atoms with Crippen LogP contribution in [0, 0.1) is 5.92 Å². The van der Waals surface area contributed by atoms with E-state index < -0.39 is 12.0 Å². The number of thioether (sulfide) groups is 1. The maximum atomic E-state index is 12.3. The number of hydrogen-bond donors (Lipinski definition) is 1. The predicted molar refractivity (Wildman–Crippen MR) is 79.0 cm³/mol. The number of carbonyl (C=O) groups is 2. The second kappa shape index (κ2) is 6.56. The van der Waals surface area contributed by atoms with Gasteiger partial charge in [-0.2, -0.15) is 0 Å². The predicted octanol–water partition coefficient (Wildman–Crippen LogP) is 1.27. The Morgan fingerprint density at radius 3 is 2.75 bits per heavy atom. The molecule has 1 aromatic carbocycles. The lowest BCUT2D eigenvalue weighted by atomic mass is 9.95. The van der Waals surface area contributed by atoms with Crippen LogP contribution in [0.4, 0.5) is 0 Å². The Balaban J connectivity index is 2.03. The average Bonchev–Trinajstić information content (AvgIpc) is 2.87. The van der Waals surface area contributed by atoms with Crippen molar-refractivity contribution in [1.82, 2.24) is 0 Å². The van der Waals surface area contributed by atoms with Gasteiger partial charge in [-0.05, 0) is 19.1 Å². The highest BCUT2D eigenvalue weighted by atomic mass is 32.2. The van der Waals surface area contributed by atoms with E-state index in [1.54, 1.807) is 19.1 Å². The highest BCUT2D eigenvalue weighted by molar-refractivity contribution is 8.14. The molecule has 1 aliphatic rings. The largest absolute Gasteiger partial charge is 0.483 e. The zero-order valence-corrected chi connectivity index (χ0v) is 11.9. The van der Waals surface area contributed by atoms with Gasteiger partial charge in [-0.3, -0.25) is 9.79 Å². The molecule has 1 heterocycles. The van der Waals surface area contributed by atoms with E-state index in [0.717, 1.165) is 0 Å². The zero-order chi connectivity index (χ0) is 14.5. The summed E-state index contributed by atoms with van der Waals surface area (Å²) in [5.74, 6) is 0.0796. The molecule has 0 saturated carbocycles. The van der Waals surface area contributed by atoms with Crippen LogP contribution in [0.2, 0.25) is 0 Å². The highest BCUT2D eigenvalue weighted by Gasteiger charge is 2.34. The lowest BCUT2D eigenvalue weighted by Crippen LogP contribution is -2.37. The van der Waals surface area contributed by atoms with Gasteiger partial charge in [0.1, 0.15) is 18.0 Å². The van der Waals surface area contributed by atoms with E-state index in [1.165, 1.54) is 11.8 Å². The molecule has 6 heteroatoms. The van der Waals surface area contributed by atoms with E-state index in [9.17, 15) is 9.59 Å². The van der Waals surface area contributed by atoms with Gasteiger partial charge in [-0.1, -0.05) is 30.0 Å². The minimum Gasteiger partial charge on any atom is -0.483 e. The number of amidine groups is 1. The first-order valence-corrected chi connectivity index (χ1v) is 7.27. The summed E-state index contributed by atoms with van der Waals surface area (Å²) in [7, 11) is 0. The molecule has 106 valence electrons. The number of aldehydes is 1. The maximum Gasteiger partial charge on any atom is 0.185 e. The third-order valence-corrected chi connectivity index (χ3v) is 3.95. The van der Waals surface area contributed by atoms with Crippen LogP contribution < -0.4 is 10.5 Å². The number of ketones is 1. The summed E-state index contributed by atoms with van der Waals surface area (Å²) < 4.78 is 5.55. The summed E-state index contributed by atoms with van der Waals surface area (Å²) in [5, 5.41) is 0.422. The van der Waals surface area contributed by atoms with Crippen molar-refractivity contribution >= 4 is 29.0 Å². The maximum absolute atomic E-state index is 12.3. The quantitative estimate of drug-likeness (QED) is 0.630. The second-order valence-corrected chi connectivity index (χ2v) is 5.52. The number of nitrogens with zero attached hydrogens (tertiary/aromatic N) is 1. The number of nitrogens with two attached hydrogens (primary N) is 1. The molecule has 2 rings (SSSR count). The molecule has 0 radical (unpaired) electrons. The van der Waals surface area contributed by atoms with E-state index in [2.05, 4.69) is 4.99 Å².